The van der Waals surface area contributed by atoms with Crippen molar-refractivity contribution in [2.24, 2.45) is 0 Å². The van der Waals surface area contributed by atoms with Crippen molar-refractivity contribution >= 4 is 0 Å². The molecule has 0 amide bonds. The Morgan fingerprint density at radius 3 is 2.50 bits per heavy atom. The van der Waals surface area contributed by atoms with Crippen LogP contribution in [0.25, 0.3) is 0 Å². The highest BCUT2D eigenvalue weighted by Crippen LogP contribution is 2.11. The van der Waals surface area contributed by atoms with Gasteiger partial charge >= 0.3 is 0 Å². The molecule has 1 aliphatic heterocycles. The molecule has 2 atom stereocenters. The van der Waals surface area contributed by atoms with Crippen LogP contribution in [-0.4, -0.2) is 43.2 Å². The van der Waals surface area contributed by atoms with Crippen molar-refractivity contribution in [3.05, 3.63) is 30.3 Å². The fraction of sp³-hybridized carbons (Fsp3) is 0.600. The Labute approximate surface area is 110 Å². The van der Waals surface area contributed by atoms with Gasteiger partial charge in [0, 0.05) is 31.7 Å². The predicted octanol–water partition coefficient (Wildman–Crippen LogP) is 2.14. The van der Waals surface area contributed by atoms with Crippen molar-refractivity contribution < 1.29 is 4.74 Å². The second-order valence-electron chi connectivity index (χ2n) is 5.11. The molecule has 2 unspecified atom stereocenters. The smallest absolute Gasteiger partial charge is 0.119 e. The maximum absolute atomic E-state index is 5.73. The summed E-state index contributed by atoms with van der Waals surface area (Å²) in [5, 5.41) is 3.46. The zero-order chi connectivity index (χ0) is 12.8. The van der Waals surface area contributed by atoms with Gasteiger partial charge in [0.05, 0.1) is 6.61 Å². The molecule has 0 bridgehead atoms. The highest BCUT2D eigenvalue weighted by molar-refractivity contribution is 5.20. The lowest BCUT2D eigenvalue weighted by atomic mass is 10.1. The van der Waals surface area contributed by atoms with Crippen LogP contribution in [-0.2, 0) is 0 Å². The topological polar surface area (TPSA) is 24.5 Å². The van der Waals surface area contributed by atoms with Gasteiger partial charge in [0.25, 0.3) is 0 Å². The number of hydrogen-bond acceptors (Lipinski definition) is 3. The lowest BCUT2D eigenvalue weighted by molar-refractivity contribution is 0.109. The maximum atomic E-state index is 5.73. The molecule has 2 rings (SSSR count). The van der Waals surface area contributed by atoms with Gasteiger partial charge in [0.2, 0.25) is 0 Å². The summed E-state index contributed by atoms with van der Waals surface area (Å²) in [6.45, 7) is 8.71. The predicted molar refractivity (Wildman–Crippen MR) is 75.1 cm³/mol. The van der Waals surface area contributed by atoms with Gasteiger partial charge in [-0.05, 0) is 32.4 Å². The molecule has 0 radical (unpaired) electrons. The van der Waals surface area contributed by atoms with Crippen molar-refractivity contribution in [1.82, 2.24) is 10.2 Å². The van der Waals surface area contributed by atoms with Crippen LogP contribution in [0.5, 0.6) is 5.75 Å². The van der Waals surface area contributed by atoms with Crippen LogP contribution in [0.15, 0.2) is 30.3 Å². The van der Waals surface area contributed by atoms with Crippen LogP contribution >= 0.6 is 0 Å². The summed E-state index contributed by atoms with van der Waals surface area (Å²) in [5.41, 5.74) is 0. The van der Waals surface area contributed by atoms with E-state index in [1.807, 2.05) is 30.3 Å². The van der Waals surface area contributed by atoms with E-state index in [9.17, 15) is 0 Å². The van der Waals surface area contributed by atoms with E-state index >= 15 is 0 Å². The first kappa shape index (κ1) is 13.4. The molecular formula is C15H24N2O. The molecule has 100 valence electrons. The van der Waals surface area contributed by atoms with E-state index in [2.05, 4.69) is 24.1 Å². The first-order chi connectivity index (χ1) is 8.77. The number of ether oxygens (including phenoxy) is 1. The summed E-state index contributed by atoms with van der Waals surface area (Å²) in [6.07, 6.45) is 1.09. The summed E-state index contributed by atoms with van der Waals surface area (Å²) >= 11 is 0. The van der Waals surface area contributed by atoms with Crippen molar-refractivity contribution in [2.45, 2.75) is 32.4 Å². The second-order valence-corrected chi connectivity index (χ2v) is 5.11. The van der Waals surface area contributed by atoms with E-state index in [0.717, 1.165) is 38.4 Å². The molecule has 0 spiro atoms. The van der Waals surface area contributed by atoms with Crippen LogP contribution in [0.1, 0.15) is 20.3 Å². The molecule has 1 saturated heterocycles. The second kappa shape index (κ2) is 6.76. The quantitative estimate of drug-likeness (QED) is 0.808. The van der Waals surface area contributed by atoms with Crippen LogP contribution < -0.4 is 10.1 Å². The highest BCUT2D eigenvalue weighted by Gasteiger charge is 2.23. The summed E-state index contributed by atoms with van der Waals surface area (Å²) in [6, 6.07) is 11.3. The Morgan fingerprint density at radius 2 is 1.83 bits per heavy atom. The molecule has 1 aliphatic rings. The highest BCUT2D eigenvalue weighted by atomic mass is 16.5. The lowest BCUT2D eigenvalue weighted by Gasteiger charge is -2.39. The number of nitrogens with zero attached hydrogens (tertiary/aromatic N) is 1. The number of rotatable bonds is 5. The summed E-state index contributed by atoms with van der Waals surface area (Å²) in [4.78, 5) is 2.57. The SMILES string of the molecule is CC1CNCC(C)N1CCCOc1ccccc1. The van der Waals surface area contributed by atoms with Crippen molar-refractivity contribution in [3.63, 3.8) is 0 Å². The average molecular weight is 248 g/mol. The minimum Gasteiger partial charge on any atom is -0.494 e. The molecule has 1 N–H and O–H groups in total. The standard InChI is InChI=1S/C15H24N2O/c1-13-11-16-12-14(2)17(13)9-6-10-18-15-7-4-3-5-8-15/h3-5,7-8,13-14,16H,6,9-12H2,1-2H3. The number of hydrogen-bond donors (Lipinski definition) is 1. The zero-order valence-electron chi connectivity index (χ0n) is 11.4. The molecule has 18 heavy (non-hydrogen) atoms. The summed E-state index contributed by atoms with van der Waals surface area (Å²) in [7, 11) is 0. The fourth-order valence-electron chi connectivity index (χ4n) is 2.56. The molecule has 1 heterocycles. The van der Waals surface area contributed by atoms with Gasteiger partial charge in [-0.25, -0.2) is 0 Å². The number of piperazine rings is 1. The van der Waals surface area contributed by atoms with Crippen molar-refractivity contribution in [3.8, 4) is 5.75 Å². The van der Waals surface area contributed by atoms with Gasteiger partial charge in [-0.15, -0.1) is 0 Å². The molecule has 0 aliphatic carbocycles. The van der Waals surface area contributed by atoms with Gasteiger partial charge in [0.15, 0.2) is 0 Å². The average Bonchev–Trinajstić information content (AvgIpc) is 2.38. The minimum absolute atomic E-state index is 0.630. The van der Waals surface area contributed by atoms with Crippen LogP contribution in [0, 0.1) is 0 Å². The van der Waals surface area contributed by atoms with Gasteiger partial charge in [-0.3, -0.25) is 4.90 Å². The Bertz CT molecular complexity index is 332. The van der Waals surface area contributed by atoms with Crippen LogP contribution in [0.3, 0.4) is 0 Å². The molecule has 3 nitrogen and oxygen atoms in total. The lowest BCUT2D eigenvalue weighted by Crippen LogP contribution is -2.55. The Kier molecular flexibility index (Phi) is 5.02. The first-order valence-corrected chi connectivity index (χ1v) is 6.91. The summed E-state index contributed by atoms with van der Waals surface area (Å²) in [5.74, 6) is 0.971. The van der Waals surface area contributed by atoms with Crippen LogP contribution in [0.4, 0.5) is 0 Å². The molecule has 3 heteroatoms. The fourth-order valence-corrected chi connectivity index (χ4v) is 2.56. The first-order valence-electron chi connectivity index (χ1n) is 6.91. The van der Waals surface area contributed by atoms with Gasteiger partial charge in [-0.2, -0.15) is 0 Å². The normalized spacial score (nSPS) is 25.0. The zero-order valence-corrected chi connectivity index (χ0v) is 11.4. The van der Waals surface area contributed by atoms with Crippen molar-refractivity contribution in [2.75, 3.05) is 26.2 Å². The monoisotopic (exact) mass is 248 g/mol. The maximum Gasteiger partial charge on any atom is 0.119 e. The van der Waals surface area contributed by atoms with E-state index in [-0.39, 0.29) is 0 Å². The van der Waals surface area contributed by atoms with E-state index < -0.39 is 0 Å². The molecular weight excluding hydrogens is 224 g/mol. The Hall–Kier alpha value is -1.06. The third kappa shape index (κ3) is 3.72. The van der Waals surface area contributed by atoms with E-state index in [0.29, 0.717) is 12.1 Å². The third-order valence-corrected chi connectivity index (χ3v) is 3.58. The van der Waals surface area contributed by atoms with Gasteiger partial charge < -0.3 is 10.1 Å². The molecule has 0 aromatic heterocycles. The third-order valence-electron chi connectivity index (χ3n) is 3.58. The van der Waals surface area contributed by atoms with Gasteiger partial charge in [0.1, 0.15) is 5.75 Å². The number of nitrogens with one attached hydrogen (secondary N) is 1. The minimum atomic E-state index is 0.630. The van der Waals surface area contributed by atoms with Crippen molar-refractivity contribution in [1.29, 1.82) is 0 Å². The Morgan fingerprint density at radius 1 is 1.17 bits per heavy atom. The summed E-state index contributed by atoms with van der Waals surface area (Å²) < 4.78 is 5.73. The molecule has 0 saturated carbocycles. The molecule has 1 fully saturated rings. The van der Waals surface area contributed by atoms with E-state index in [1.54, 1.807) is 0 Å². The van der Waals surface area contributed by atoms with Gasteiger partial charge in [-0.1, -0.05) is 18.2 Å². The molecule has 1 aromatic carbocycles. The van der Waals surface area contributed by atoms with Crippen LogP contribution in [0.2, 0.25) is 0 Å². The molecule has 1 aromatic rings. The largest absolute Gasteiger partial charge is 0.494 e. The Balaban J connectivity index is 1.68. The van der Waals surface area contributed by atoms with E-state index in [4.69, 9.17) is 4.74 Å². The number of benzene rings is 1. The number of para-hydroxylation sites is 1. The van der Waals surface area contributed by atoms with E-state index in [1.165, 1.54) is 0 Å².